The summed E-state index contributed by atoms with van der Waals surface area (Å²) in [5.41, 5.74) is 2.72. The first-order valence-electron chi connectivity index (χ1n) is 7.42. The van der Waals surface area contributed by atoms with E-state index in [9.17, 15) is 0 Å². The second-order valence-corrected chi connectivity index (χ2v) is 5.58. The highest BCUT2D eigenvalue weighted by Crippen LogP contribution is 2.23. The Bertz CT molecular complexity index is 479. The minimum Gasteiger partial charge on any atom is -0.316 e. The molecule has 0 aliphatic heterocycles. The monoisotopic (exact) mass is 268 g/mol. The Morgan fingerprint density at radius 1 is 1.05 bits per heavy atom. The van der Waals surface area contributed by atoms with Gasteiger partial charge in [0, 0.05) is 18.9 Å². The van der Waals surface area contributed by atoms with Gasteiger partial charge in [-0.15, -0.1) is 0 Å². The fourth-order valence-electron chi connectivity index (χ4n) is 2.47. The van der Waals surface area contributed by atoms with Crippen molar-refractivity contribution in [1.29, 1.82) is 0 Å². The molecule has 1 aromatic heterocycles. The third-order valence-corrected chi connectivity index (χ3v) is 3.71. The van der Waals surface area contributed by atoms with Crippen LogP contribution in [0, 0.1) is 5.92 Å². The molecule has 106 valence electrons. The maximum atomic E-state index is 4.15. The van der Waals surface area contributed by atoms with Gasteiger partial charge in [-0.05, 0) is 42.0 Å². The van der Waals surface area contributed by atoms with Crippen molar-refractivity contribution in [3.63, 3.8) is 0 Å². The van der Waals surface area contributed by atoms with Crippen LogP contribution in [0.4, 0.5) is 0 Å². The standard InChI is InChI=1S/C18H24N2/c1-15(2)18(17-8-4-3-5-9-17)14-20-12-10-16-7-6-11-19-13-16/h3-9,11,13,15,18,20H,10,12,14H2,1-2H3. The fourth-order valence-corrected chi connectivity index (χ4v) is 2.47. The lowest BCUT2D eigenvalue weighted by molar-refractivity contribution is 0.463. The third-order valence-electron chi connectivity index (χ3n) is 3.71. The van der Waals surface area contributed by atoms with Crippen LogP contribution in [-0.2, 0) is 6.42 Å². The van der Waals surface area contributed by atoms with Gasteiger partial charge in [-0.2, -0.15) is 0 Å². The zero-order valence-corrected chi connectivity index (χ0v) is 12.4. The summed E-state index contributed by atoms with van der Waals surface area (Å²) in [7, 11) is 0. The largest absolute Gasteiger partial charge is 0.316 e. The summed E-state index contributed by atoms with van der Waals surface area (Å²) in [6.07, 6.45) is 4.80. The number of aromatic nitrogens is 1. The summed E-state index contributed by atoms with van der Waals surface area (Å²) < 4.78 is 0. The zero-order valence-electron chi connectivity index (χ0n) is 12.4. The second-order valence-electron chi connectivity index (χ2n) is 5.58. The van der Waals surface area contributed by atoms with Gasteiger partial charge in [0.25, 0.3) is 0 Å². The number of hydrogen-bond donors (Lipinski definition) is 1. The zero-order chi connectivity index (χ0) is 14.2. The van der Waals surface area contributed by atoms with Crippen LogP contribution in [0.2, 0.25) is 0 Å². The first-order chi connectivity index (χ1) is 9.77. The smallest absolute Gasteiger partial charge is 0.0300 e. The van der Waals surface area contributed by atoms with E-state index < -0.39 is 0 Å². The van der Waals surface area contributed by atoms with Crippen molar-refractivity contribution >= 4 is 0 Å². The Kier molecular flexibility index (Phi) is 5.75. The summed E-state index contributed by atoms with van der Waals surface area (Å²) in [5, 5.41) is 3.59. The Morgan fingerprint density at radius 2 is 1.85 bits per heavy atom. The lowest BCUT2D eigenvalue weighted by Crippen LogP contribution is -2.26. The van der Waals surface area contributed by atoms with Crippen molar-refractivity contribution in [2.75, 3.05) is 13.1 Å². The molecule has 2 aromatic rings. The number of rotatable bonds is 7. The van der Waals surface area contributed by atoms with E-state index >= 15 is 0 Å². The van der Waals surface area contributed by atoms with Crippen LogP contribution in [0.1, 0.15) is 30.9 Å². The van der Waals surface area contributed by atoms with E-state index in [0.717, 1.165) is 19.5 Å². The SMILES string of the molecule is CC(C)C(CNCCc1cccnc1)c1ccccc1. The Balaban J connectivity index is 1.82. The van der Waals surface area contributed by atoms with Crippen molar-refractivity contribution in [1.82, 2.24) is 10.3 Å². The molecule has 1 unspecified atom stereocenters. The third kappa shape index (κ3) is 4.46. The van der Waals surface area contributed by atoms with Crippen LogP contribution in [0.25, 0.3) is 0 Å². The molecule has 2 nitrogen and oxygen atoms in total. The molecule has 2 rings (SSSR count). The summed E-state index contributed by atoms with van der Waals surface area (Å²) in [6, 6.07) is 14.9. The van der Waals surface area contributed by atoms with E-state index in [4.69, 9.17) is 0 Å². The van der Waals surface area contributed by atoms with Crippen molar-refractivity contribution in [2.45, 2.75) is 26.2 Å². The van der Waals surface area contributed by atoms with E-state index in [0.29, 0.717) is 11.8 Å². The van der Waals surface area contributed by atoms with Gasteiger partial charge in [-0.1, -0.05) is 50.2 Å². The highest BCUT2D eigenvalue weighted by Gasteiger charge is 2.14. The molecule has 0 spiro atoms. The minimum atomic E-state index is 0.574. The second kappa shape index (κ2) is 7.81. The molecule has 0 radical (unpaired) electrons. The van der Waals surface area contributed by atoms with Gasteiger partial charge < -0.3 is 5.32 Å². The maximum Gasteiger partial charge on any atom is 0.0300 e. The lowest BCUT2D eigenvalue weighted by atomic mass is 9.88. The molecule has 0 saturated carbocycles. The number of benzene rings is 1. The van der Waals surface area contributed by atoms with Crippen molar-refractivity contribution in [2.24, 2.45) is 5.92 Å². The van der Waals surface area contributed by atoms with Gasteiger partial charge in [0.15, 0.2) is 0 Å². The van der Waals surface area contributed by atoms with Crippen LogP contribution in [0.15, 0.2) is 54.9 Å². The molecule has 1 N–H and O–H groups in total. The molecule has 0 aliphatic rings. The Morgan fingerprint density at radius 3 is 2.50 bits per heavy atom. The van der Waals surface area contributed by atoms with Crippen molar-refractivity contribution < 1.29 is 0 Å². The predicted octanol–water partition coefficient (Wildman–Crippen LogP) is 3.65. The molecule has 0 amide bonds. The predicted molar refractivity (Wildman–Crippen MR) is 84.8 cm³/mol. The van der Waals surface area contributed by atoms with Crippen LogP contribution in [-0.4, -0.2) is 18.1 Å². The molecule has 0 fully saturated rings. The van der Waals surface area contributed by atoms with E-state index in [1.807, 2.05) is 18.5 Å². The molecule has 1 atom stereocenters. The number of hydrogen-bond acceptors (Lipinski definition) is 2. The summed E-state index contributed by atoms with van der Waals surface area (Å²) in [4.78, 5) is 4.15. The van der Waals surface area contributed by atoms with Gasteiger partial charge in [-0.25, -0.2) is 0 Å². The van der Waals surface area contributed by atoms with Gasteiger partial charge >= 0.3 is 0 Å². The van der Waals surface area contributed by atoms with Crippen molar-refractivity contribution in [3.8, 4) is 0 Å². The molecule has 1 heterocycles. The van der Waals surface area contributed by atoms with Gasteiger partial charge in [0.1, 0.15) is 0 Å². The first kappa shape index (κ1) is 14.7. The average molecular weight is 268 g/mol. The molecule has 0 aliphatic carbocycles. The highest BCUT2D eigenvalue weighted by atomic mass is 14.9. The maximum absolute atomic E-state index is 4.15. The highest BCUT2D eigenvalue weighted by molar-refractivity contribution is 5.20. The normalized spacial score (nSPS) is 12.6. The van der Waals surface area contributed by atoms with Crippen LogP contribution in [0.3, 0.4) is 0 Å². The fraction of sp³-hybridized carbons (Fsp3) is 0.389. The summed E-state index contributed by atoms with van der Waals surface area (Å²) in [6.45, 7) is 6.62. The summed E-state index contributed by atoms with van der Waals surface area (Å²) >= 11 is 0. The van der Waals surface area contributed by atoms with E-state index in [-0.39, 0.29) is 0 Å². The van der Waals surface area contributed by atoms with Crippen LogP contribution >= 0.6 is 0 Å². The Hall–Kier alpha value is -1.67. The van der Waals surface area contributed by atoms with E-state index in [2.05, 4.69) is 60.5 Å². The van der Waals surface area contributed by atoms with E-state index in [1.54, 1.807) is 0 Å². The quantitative estimate of drug-likeness (QED) is 0.775. The average Bonchev–Trinajstić information content (AvgIpc) is 2.49. The molecule has 0 saturated heterocycles. The van der Waals surface area contributed by atoms with Crippen LogP contribution < -0.4 is 5.32 Å². The number of nitrogens with zero attached hydrogens (tertiary/aromatic N) is 1. The van der Waals surface area contributed by atoms with Gasteiger partial charge in [-0.3, -0.25) is 4.98 Å². The van der Waals surface area contributed by atoms with Gasteiger partial charge in [0.05, 0.1) is 0 Å². The van der Waals surface area contributed by atoms with Gasteiger partial charge in [0.2, 0.25) is 0 Å². The van der Waals surface area contributed by atoms with Crippen LogP contribution in [0.5, 0.6) is 0 Å². The number of nitrogens with one attached hydrogen (secondary N) is 1. The summed E-state index contributed by atoms with van der Waals surface area (Å²) in [5.74, 6) is 1.22. The molecular formula is C18H24N2. The molecule has 20 heavy (non-hydrogen) atoms. The number of pyridine rings is 1. The topological polar surface area (TPSA) is 24.9 Å². The lowest BCUT2D eigenvalue weighted by Gasteiger charge is -2.22. The van der Waals surface area contributed by atoms with Crippen molar-refractivity contribution in [3.05, 3.63) is 66.0 Å². The molecule has 2 heteroatoms. The Labute approximate surface area is 122 Å². The first-order valence-corrected chi connectivity index (χ1v) is 7.42. The molecular weight excluding hydrogens is 244 g/mol. The van der Waals surface area contributed by atoms with E-state index in [1.165, 1.54) is 11.1 Å². The minimum absolute atomic E-state index is 0.574. The molecule has 1 aromatic carbocycles. The molecule has 0 bridgehead atoms.